The number of piperidine rings is 1. The number of nitrogens with one attached hydrogen (secondary N) is 1. The van der Waals surface area contributed by atoms with E-state index >= 15 is 0 Å². The highest BCUT2D eigenvalue weighted by atomic mass is 16.6. The molecule has 0 bridgehead atoms. The number of carbonyl (C=O) groups is 1. The zero-order valence-corrected chi connectivity index (χ0v) is 13.6. The summed E-state index contributed by atoms with van der Waals surface area (Å²) >= 11 is 0. The summed E-state index contributed by atoms with van der Waals surface area (Å²) in [7, 11) is 2.00. The third-order valence-corrected chi connectivity index (χ3v) is 5.32. The summed E-state index contributed by atoms with van der Waals surface area (Å²) in [5, 5.41) is 3.31. The molecule has 1 saturated carbocycles. The molecular formula is C18H24N2O3. The summed E-state index contributed by atoms with van der Waals surface area (Å²) in [6, 6.07) is 6.67. The highest BCUT2D eigenvalue weighted by Gasteiger charge is 2.46. The largest absolute Gasteiger partial charge is 0.486 e. The molecule has 1 saturated heterocycles. The van der Waals surface area contributed by atoms with Crippen LogP contribution in [0, 0.1) is 5.92 Å². The molecule has 1 N–H and O–H groups in total. The molecule has 2 heterocycles. The molecule has 2 atom stereocenters. The summed E-state index contributed by atoms with van der Waals surface area (Å²) in [6.07, 6.45) is 3.08. The van der Waals surface area contributed by atoms with E-state index in [-0.39, 0.29) is 5.92 Å². The van der Waals surface area contributed by atoms with Crippen molar-refractivity contribution in [3.05, 3.63) is 23.8 Å². The molecule has 5 nitrogen and oxygen atoms in total. The smallest absolute Gasteiger partial charge is 0.226 e. The predicted molar refractivity (Wildman–Crippen MR) is 86.9 cm³/mol. The number of rotatable bonds is 3. The number of likely N-dealkylation sites (tertiary alicyclic amines) is 1. The zero-order chi connectivity index (χ0) is 15.8. The van der Waals surface area contributed by atoms with E-state index in [2.05, 4.69) is 22.3 Å². The van der Waals surface area contributed by atoms with Gasteiger partial charge in [-0.2, -0.15) is 0 Å². The number of hydrogen-bond acceptors (Lipinski definition) is 4. The molecule has 1 aliphatic carbocycles. The quantitative estimate of drug-likeness (QED) is 0.923. The SMILES string of the molecule is CNC1CCN(C(=O)C2CC2c2ccc3c(c2)OCCO3)CC1. The van der Waals surface area contributed by atoms with Crippen molar-refractivity contribution in [3.8, 4) is 11.5 Å². The third-order valence-electron chi connectivity index (χ3n) is 5.32. The minimum atomic E-state index is 0.156. The van der Waals surface area contributed by atoms with Crippen LogP contribution in [0.15, 0.2) is 18.2 Å². The third kappa shape index (κ3) is 2.90. The fourth-order valence-electron chi connectivity index (χ4n) is 3.75. The summed E-state index contributed by atoms with van der Waals surface area (Å²) in [4.78, 5) is 14.7. The molecule has 1 amide bonds. The second-order valence-electron chi connectivity index (χ2n) is 6.74. The van der Waals surface area contributed by atoms with Crippen LogP contribution in [0.3, 0.4) is 0 Å². The van der Waals surface area contributed by atoms with Gasteiger partial charge in [0.1, 0.15) is 13.2 Å². The minimum Gasteiger partial charge on any atom is -0.486 e. The van der Waals surface area contributed by atoms with Gasteiger partial charge in [0.15, 0.2) is 11.5 Å². The molecule has 2 unspecified atom stereocenters. The van der Waals surface area contributed by atoms with E-state index in [0.717, 1.165) is 43.9 Å². The summed E-state index contributed by atoms with van der Waals surface area (Å²) in [6.45, 7) is 2.98. The van der Waals surface area contributed by atoms with Crippen molar-refractivity contribution in [2.24, 2.45) is 5.92 Å². The van der Waals surface area contributed by atoms with Crippen LogP contribution < -0.4 is 14.8 Å². The molecule has 5 heteroatoms. The minimum absolute atomic E-state index is 0.156. The molecule has 3 aliphatic rings. The molecule has 0 aromatic heterocycles. The van der Waals surface area contributed by atoms with Crippen LogP contribution in [0.1, 0.15) is 30.7 Å². The first kappa shape index (κ1) is 14.8. The lowest BCUT2D eigenvalue weighted by Crippen LogP contribution is -2.44. The second-order valence-corrected chi connectivity index (χ2v) is 6.74. The Hall–Kier alpha value is -1.75. The van der Waals surface area contributed by atoms with Crippen molar-refractivity contribution in [2.45, 2.75) is 31.2 Å². The number of benzene rings is 1. The lowest BCUT2D eigenvalue weighted by Gasteiger charge is -2.32. The molecule has 124 valence electrons. The van der Waals surface area contributed by atoms with Crippen LogP contribution in [-0.2, 0) is 4.79 Å². The normalized spacial score (nSPS) is 26.9. The summed E-state index contributed by atoms with van der Waals surface area (Å²) < 4.78 is 11.2. The molecular weight excluding hydrogens is 292 g/mol. The van der Waals surface area contributed by atoms with E-state index in [1.54, 1.807) is 0 Å². The van der Waals surface area contributed by atoms with Crippen LogP contribution in [0.25, 0.3) is 0 Å². The number of hydrogen-bond donors (Lipinski definition) is 1. The predicted octanol–water partition coefficient (Wildman–Crippen LogP) is 1.77. The number of fused-ring (bicyclic) bond motifs is 1. The van der Waals surface area contributed by atoms with Crippen LogP contribution >= 0.6 is 0 Å². The van der Waals surface area contributed by atoms with Crippen molar-refractivity contribution in [1.82, 2.24) is 10.2 Å². The highest BCUT2D eigenvalue weighted by Crippen LogP contribution is 2.50. The van der Waals surface area contributed by atoms with E-state index in [9.17, 15) is 4.79 Å². The van der Waals surface area contributed by atoms with Crippen molar-refractivity contribution < 1.29 is 14.3 Å². The maximum atomic E-state index is 12.7. The van der Waals surface area contributed by atoms with E-state index in [1.165, 1.54) is 5.56 Å². The first-order chi connectivity index (χ1) is 11.3. The van der Waals surface area contributed by atoms with E-state index in [1.807, 2.05) is 13.1 Å². The summed E-state index contributed by atoms with van der Waals surface area (Å²) in [5.74, 6) is 2.47. The average Bonchev–Trinajstić information content (AvgIpc) is 3.41. The Morgan fingerprint density at radius 2 is 1.91 bits per heavy atom. The number of nitrogens with zero attached hydrogens (tertiary/aromatic N) is 1. The van der Waals surface area contributed by atoms with Gasteiger partial charge in [-0.1, -0.05) is 6.07 Å². The van der Waals surface area contributed by atoms with Crippen molar-refractivity contribution in [3.63, 3.8) is 0 Å². The molecule has 4 rings (SSSR count). The van der Waals surface area contributed by atoms with Gasteiger partial charge in [0.25, 0.3) is 0 Å². The van der Waals surface area contributed by atoms with Crippen molar-refractivity contribution >= 4 is 5.91 Å². The lowest BCUT2D eigenvalue weighted by atomic mass is 10.0. The Bertz CT molecular complexity index is 596. The van der Waals surface area contributed by atoms with Gasteiger partial charge in [0.2, 0.25) is 5.91 Å². The van der Waals surface area contributed by atoms with Gasteiger partial charge in [-0.25, -0.2) is 0 Å². The molecule has 0 radical (unpaired) electrons. The highest BCUT2D eigenvalue weighted by molar-refractivity contribution is 5.83. The van der Waals surface area contributed by atoms with Gasteiger partial charge >= 0.3 is 0 Å². The Morgan fingerprint density at radius 3 is 2.65 bits per heavy atom. The monoisotopic (exact) mass is 316 g/mol. The van der Waals surface area contributed by atoms with E-state index in [0.29, 0.717) is 31.1 Å². The zero-order valence-electron chi connectivity index (χ0n) is 13.6. The standard InChI is InChI=1S/C18H24N2O3/c1-19-13-4-6-20(7-5-13)18(21)15-11-14(15)12-2-3-16-17(10-12)23-9-8-22-16/h2-3,10,13-15,19H,4-9,11H2,1H3. The van der Waals surface area contributed by atoms with Crippen molar-refractivity contribution in [1.29, 1.82) is 0 Å². The number of carbonyl (C=O) groups excluding carboxylic acids is 1. The molecule has 2 fully saturated rings. The molecule has 1 aromatic carbocycles. The molecule has 1 aromatic rings. The van der Waals surface area contributed by atoms with Gasteiger partial charge in [0, 0.05) is 25.0 Å². The fourth-order valence-corrected chi connectivity index (χ4v) is 3.75. The van der Waals surface area contributed by atoms with E-state index in [4.69, 9.17) is 9.47 Å². The average molecular weight is 316 g/mol. The summed E-state index contributed by atoms with van der Waals surface area (Å²) in [5.41, 5.74) is 1.21. The van der Waals surface area contributed by atoms with Crippen LogP contribution in [0.4, 0.5) is 0 Å². The first-order valence-electron chi connectivity index (χ1n) is 8.62. The maximum Gasteiger partial charge on any atom is 0.226 e. The molecule has 2 aliphatic heterocycles. The Kier molecular flexibility index (Phi) is 3.89. The second kappa shape index (κ2) is 6.04. The van der Waals surface area contributed by atoms with Gasteiger partial charge in [0.05, 0.1) is 0 Å². The fraction of sp³-hybridized carbons (Fsp3) is 0.611. The number of ether oxygens (including phenoxy) is 2. The van der Waals surface area contributed by atoms with Gasteiger partial charge in [-0.15, -0.1) is 0 Å². The van der Waals surface area contributed by atoms with Crippen molar-refractivity contribution in [2.75, 3.05) is 33.4 Å². The van der Waals surface area contributed by atoms with Gasteiger partial charge in [-0.3, -0.25) is 4.79 Å². The Labute approximate surface area is 136 Å². The Morgan fingerprint density at radius 1 is 1.17 bits per heavy atom. The van der Waals surface area contributed by atoms with Crippen LogP contribution in [-0.4, -0.2) is 50.2 Å². The van der Waals surface area contributed by atoms with Gasteiger partial charge in [-0.05, 0) is 49.9 Å². The lowest BCUT2D eigenvalue weighted by molar-refractivity contribution is -0.133. The number of amides is 1. The first-order valence-corrected chi connectivity index (χ1v) is 8.62. The molecule has 0 spiro atoms. The topological polar surface area (TPSA) is 50.8 Å². The van der Waals surface area contributed by atoms with Crippen LogP contribution in [0.5, 0.6) is 11.5 Å². The van der Waals surface area contributed by atoms with Crippen LogP contribution in [0.2, 0.25) is 0 Å². The van der Waals surface area contributed by atoms with E-state index < -0.39 is 0 Å². The maximum absolute atomic E-state index is 12.7. The van der Waals surface area contributed by atoms with Gasteiger partial charge < -0.3 is 19.7 Å². The molecule has 23 heavy (non-hydrogen) atoms. The Balaban J connectivity index is 1.39.